The van der Waals surface area contributed by atoms with Crippen LogP contribution in [0.2, 0.25) is 0 Å². The van der Waals surface area contributed by atoms with E-state index < -0.39 is 0 Å². The molecule has 0 radical (unpaired) electrons. The molecule has 1 saturated heterocycles. The lowest BCUT2D eigenvalue weighted by molar-refractivity contribution is 0.141. The summed E-state index contributed by atoms with van der Waals surface area (Å²) < 4.78 is 1.87. The second-order valence-corrected chi connectivity index (χ2v) is 9.23. The number of fused-ring (bicyclic) bond motifs is 1. The highest BCUT2D eigenvalue weighted by molar-refractivity contribution is 5.82. The Bertz CT molecular complexity index is 1300. The Hall–Kier alpha value is -3.32. The predicted octanol–water partition coefficient (Wildman–Crippen LogP) is 3.89. The van der Waals surface area contributed by atoms with Crippen LogP contribution in [-0.4, -0.2) is 43.2 Å². The molecule has 4 aromatic rings. The number of tetrazole rings is 1. The lowest BCUT2D eigenvalue weighted by atomic mass is 9.95. The number of hydrogen-bond donors (Lipinski definition) is 1. The number of aromatic amines is 1. The van der Waals surface area contributed by atoms with Crippen LogP contribution in [0, 0.1) is 12.8 Å². The zero-order valence-corrected chi connectivity index (χ0v) is 19.2. The number of H-pyrrole nitrogens is 1. The fourth-order valence-corrected chi connectivity index (χ4v) is 5.01. The highest BCUT2D eigenvalue weighted by Gasteiger charge is 2.32. The van der Waals surface area contributed by atoms with Crippen molar-refractivity contribution in [2.45, 2.75) is 45.7 Å². The summed E-state index contributed by atoms with van der Waals surface area (Å²) >= 11 is 0. The molecule has 0 saturated carbocycles. The normalized spacial score (nSPS) is 17.9. The summed E-state index contributed by atoms with van der Waals surface area (Å²) in [6, 6.07) is 18.2. The lowest BCUT2D eigenvalue weighted by Crippen LogP contribution is -2.41. The molecule has 7 heteroatoms. The first-order chi connectivity index (χ1) is 16.1. The minimum atomic E-state index is -0.285. The van der Waals surface area contributed by atoms with Gasteiger partial charge in [0.2, 0.25) is 0 Å². The van der Waals surface area contributed by atoms with Gasteiger partial charge in [-0.15, -0.1) is 5.10 Å². The standard InChI is InChI=1S/C26H30N6O/c1-18-8-7-14-31(17-18)24(22-16-21-12-6-9-19(2)23(21)27-26(22)33)25-28-29-30-32(25)15-13-20-10-4-3-5-11-20/h3-6,9-12,16,18,24H,7-8,13-15,17H2,1-2H3,(H,27,33)/t18-,24+/m1/s1. The second kappa shape index (κ2) is 9.27. The third-order valence-electron chi connectivity index (χ3n) is 6.72. The summed E-state index contributed by atoms with van der Waals surface area (Å²) in [5, 5.41) is 13.8. The van der Waals surface area contributed by atoms with Gasteiger partial charge in [0.1, 0.15) is 6.04 Å². The molecular weight excluding hydrogens is 412 g/mol. The number of benzene rings is 2. The minimum absolute atomic E-state index is 0.0716. The van der Waals surface area contributed by atoms with Crippen LogP contribution in [0.25, 0.3) is 10.9 Å². The van der Waals surface area contributed by atoms with Crippen LogP contribution in [0.15, 0.2) is 59.4 Å². The van der Waals surface area contributed by atoms with Gasteiger partial charge in [0.15, 0.2) is 5.82 Å². The molecular formula is C26H30N6O. The van der Waals surface area contributed by atoms with E-state index in [0.29, 0.717) is 18.0 Å². The largest absolute Gasteiger partial charge is 0.321 e. The molecule has 2 atom stereocenters. The van der Waals surface area contributed by atoms with Crippen LogP contribution in [0.1, 0.15) is 48.3 Å². The average Bonchev–Trinajstić information content (AvgIpc) is 3.28. The number of nitrogens with zero attached hydrogens (tertiary/aromatic N) is 5. The van der Waals surface area contributed by atoms with Crippen LogP contribution in [0.5, 0.6) is 0 Å². The predicted molar refractivity (Wildman–Crippen MR) is 129 cm³/mol. The maximum Gasteiger partial charge on any atom is 0.253 e. The highest BCUT2D eigenvalue weighted by atomic mass is 16.1. The van der Waals surface area contributed by atoms with Crippen LogP contribution in [-0.2, 0) is 13.0 Å². The lowest BCUT2D eigenvalue weighted by Gasteiger charge is -2.36. The van der Waals surface area contributed by atoms with Crippen LogP contribution in [0.4, 0.5) is 0 Å². The number of pyridine rings is 1. The third kappa shape index (κ3) is 4.46. The Morgan fingerprint density at radius 3 is 2.82 bits per heavy atom. The van der Waals surface area contributed by atoms with Crippen molar-refractivity contribution in [3.8, 4) is 0 Å². The van der Waals surface area contributed by atoms with Crippen molar-refractivity contribution in [1.82, 2.24) is 30.1 Å². The zero-order chi connectivity index (χ0) is 22.8. The average molecular weight is 443 g/mol. The number of aryl methyl sites for hydroxylation is 3. The number of rotatable bonds is 6. The van der Waals surface area contributed by atoms with E-state index in [0.717, 1.165) is 48.2 Å². The summed E-state index contributed by atoms with van der Waals surface area (Å²) in [5.74, 6) is 1.30. The fraction of sp³-hybridized carbons (Fsp3) is 0.385. The summed E-state index contributed by atoms with van der Waals surface area (Å²) in [5.41, 5.74) is 3.82. The van der Waals surface area contributed by atoms with Gasteiger partial charge in [0.25, 0.3) is 5.56 Å². The Balaban J connectivity index is 1.57. The van der Waals surface area contributed by atoms with E-state index in [2.05, 4.69) is 50.5 Å². The van der Waals surface area contributed by atoms with Gasteiger partial charge in [-0.3, -0.25) is 9.69 Å². The van der Waals surface area contributed by atoms with Crippen molar-refractivity contribution in [3.05, 3.63) is 87.5 Å². The van der Waals surface area contributed by atoms with Crippen LogP contribution in [0.3, 0.4) is 0 Å². The monoisotopic (exact) mass is 442 g/mol. The van der Waals surface area contributed by atoms with Crippen molar-refractivity contribution < 1.29 is 0 Å². The molecule has 5 rings (SSSR count). The van der Waals surface area contributed by atoms with E-state index in [1.807, 2.05) is 48.0 Å². The Kier molecular flexibility index (Phi) is 6.05. The molecule has 0 amide bonds. The Morgan fingerprint density at radius 2 is 2.00 bits per heavy atom. The molecule has 7 nitrogen and oxygen atoms in total. The molecule has 2 aromatic carbocycles. The molecule has 0 unspecified atom stereocenters. The minimum Gasteiger partial charge on any atom is -0.321 e. The van der Waals surface area contributed by atoms with E-state index >= 15 is 0 Å². The molecule has 2 aromatic heterocycles. The SMILES string of the molecule is Cc1cccc2cc([C@@H](c3nnnn3CCc3ccccc3)N3CCC[C@@H](C)C3)c(=O)[nH]c12. The van der Waals surface area contributed by atoms with E-state index in [1.165, 1.54) is 12.0 Å². The Morgan fingerprint density at radius 1 is 1.15 bits per heavy atom. The number of likely N-dealkylation sites (tertiary alicyclic amines) is 1. The van der Waals surface area contributed by atoms with Gasteiger partial charge in [-0.05, 0) is 71.7 Å². The van der Waals surface area contributed by atoms with Crippen molar-refractivity contribution in [1.29, 1.82) is 0 Å². The van der Waals surface area contributed by atoms with Gasteiger partial charge in [0, 0.05) is 18.7 Å². The molecule has 33 heavy (non-hydrogen) atoms. The number of aromatic nitrogens is 5. The quantitative estimate of drug-likeness (QED) is 0.490. The highest BCUT2D eigenvalue weighted by Crippen LogP contribution is 2.31. The number of piperidine rings is 1. The molecule has 1 N–H and O–H groups in total. The molecule has 170 valence electrons. The van der Waals surface area contributed by atoms with Crippen molar-refractivity contribution in [2.24, 2.45) is 5.92 Å². The van der Waals surface area contributed by atoms with Crippen molar-refractivity contribution >= 4 is 10.9 Å². The zero-order valence-electron chi connectivity index (χ0n) is 19.2. The molecule has 0 aliphatic carbocycles. The summed E-state index contributed by atoms with van der Waals surface area (Å²) in [6.07, 6.45) is 3.14. The van der Waals surface area contributed by atoms with Gasteiger partial charge in [-0.25, -0.2) is 4.68 Å². The van der Waals surface area contributed by atoms with Gasteiger partial charge < -0.3 is 4.98 Å². The van der Waals surface area contributed by atoms with E-state index in [4.69, 9.17) is 0 Å². The first-order valence-corrected chi connectivity index (χ1v) is 11.8. The number of nitrogens with one attached hydrogen (secondary N) is 1. The van der Waals surface area contributed by atoms with Crippen LogP contribution >= 0.6 is 0 Å². The molecule has 1 aliphatic heterocycles. The van der Waals surface area contributed by atoms with Gasteiger partial charge in [0.05, 0.1) is 5.52 Å². The van der Waals surface area contributed by atoms with Gasteiger partial charge in [-0.2, -0.15) is 0 Å². The maximum absolute atomic E-state index is 13.4. The first kappa shape index (κ1) is 21.5. The second-order valence-electron chi connectivity index (χ2n) is 9.23. The molecule has 1 aliphatic rings. The van der Waals surface area contributed by atoms with Crippen molar-refractivity contribution in [2.75, 3.05) is 13.1 Å². The Labute approximate surface area is 193 Å². The van der Waals surface area contributed by atoms with Gasteiger partial charge >= 0.3 is 0 Å². The number of para-hydroxylation sites is 1. The fourth-order valence-electron chi connectivity index (χ4n) is 5.01. The van der Waals surface area contributed by atoms with E-state index in [1.54, 1.807) is 0 Å². The molecule has 1 fully saturated rings. The number of hydrogen-bond acceptors (Lipinski definition) is 5. The van der Waals surface area contributed by atoms with E-state index in [9.17, 15) is 4.79 Å². The maximum atomic E-state index is 13.4. The van der Waals surface area contributed by atoms with E-state index in [-0.39, 0.29) is 11.6 Å². The smallest absolute Gasteiger partial charge is 0.253 e. The summed E-state index contributed by atoms with van der Waals surface area (Å²) in [6.45, 7) is 6.80. The summed E-state index contributed by atoms with van der Waals surface area (Å²) in [4.78, 5) is 18.9. The van der Waals surface area contributed by atoms with Crippen LogP contribution < -0.4 is 5.56 Å². The van der Waals surface area contributed by atoms with Crippen molar-refractivity contribution in [3.63, 3.8) is 0 Å². The molecule has 3 heterocycles. The topological polar surface area (TPSA) is 79.7 Å². The summed E-state index contributed by atoms with van der Waals surface area (Å²) in [7, 11) is 0. The molecule has 0 spiro atoms. The van der Waals surface area contributed by atoms with Gasteiger partial charge in [-0.1, -0.05) is 55.5 Å². The third-order valence-corrected chi connectivity index (χ3v) is 6.72. The first-order valence-electron chi connectivity index (χ1n) is 11.8. The molecule has 0 bridgehead atoms.